The molecule has 2 rings (SSSR count). The first-order valence-electron chi connectivity index (χ1n) is 5.89. The first-order chi connectivity index (χ1) is 8.08. The lowest BCUT2D eigenvalue weighted by Crippen LogP contribution is -1.97. The quantitative estimate of drug-likeness (QED) is 0.878. The Morgan fingerprint density at radius 3 is 2.76 bits per heavy atom. The maximum Gasteiger partial charge on any atom is 0.230 e. The number of hydrogen-bond acceptors (Lipinski definition) is 3. The third kappa shape index (κ3) is 2.49. The van der Waals surface area contributed by atoms with E-state index in [4.69, 9.17) is 10.3 Å². The maximum atomic E-state index is 5.87. The Labute approximate surface area is 102 Å². The molecule has 0 saturated carbocycles. The predicted molar refractivity (Wildman–Crippen MR) is 69.6 cm³/mol. The van der Waals surface area contributed by atoms with Crippen molar-refractivity contribution in [2.24, 2.45) is 5.92 Å². The molecule has 0 aliphatic rings. The summed E-state index contributed by atoms with van der Waals surface area (Å²) in [4.78, 5) is 0. The summed E-state index contributed by atoms with van der Waals surface area (Å²) in [5.74, 6) is 0.939. The monoisotopic (exact) mass is 230 g/mol. The second-order valence-electron chi connectivity index (χ2n) is 4.84. The molecule has 0 radical (unpaired) electrons. The molecule has 0 bridgehead atoms. The Bertz CT molecular complexity index is 515. The van der Waals surface area contributed by atoms with Crippen LogP contribution in [-0.2, 0) is 6.42 Å². The Morgan fingerprint density at radius 2 is 2.12 bits per heavy atom. The number of nitrogen functional groups attached to an aromatic ring is 1. The molecule has 3 heteroatoms. The minimum Gasteiger partial charge on any atom is -0.367 e. The van der Waals surface area contributed by atoms with E-state index in [1.807, 2.05) is 12.1 Å². The van der Waals surface area contributed by atoms with E-state index in [1.54, 1.807) is 0 Å². The highest BCUT2D eigenvalue weighted by Gasteiger charge is 2.16. The van der Waals surface area contributed by atoms with E-state index < -0.39 is 0 Å². The number of anilines is 1. The lowest BCUT2D eigenvalue weighted by molar-refractivity contribution is 0.422. The van der Waals surface area contributed by atoms with Crippen molar-refractivity contribution in [1.29, 1.82) is 0 Å². The summed E-state index contributed by atoms with van der Waals surface area (Å²) < 4.78 is 5.12. The van der Waals surface area contributed by atoms with Crippen molar-refractivity contribution in [2.75, 3.05) is 5.73 Å². The van der Waals surface area contributed by atoms with Crippen LogP contribution in [0.25, 0.3) is 11.1 Å². The van der Waals surface area contributed by atoms with Gasteiger partial charge in [-0.15, -0.1) is 0 Å². The molecule has 0 spiro atoms. The van der Waals surface area contributed by atoms with Crippen LogP contribution < -0.4 is 5.73 Å². The summed E-state index contributed by atoms with van der Waals surface area (Å²) in [6, 6.07) is 8.23. The molecular formula is C14H18N2O. The van der Waals surface area contributed by atoms with Crippen molar-refractivity contribution < 1.29 is 4.52 Å². The van der Waals surface area contributed by atoms with Crippen molar-refractivity contribution in [3.63, 3.8) is 0 Å². The Balaban J connectivity index is 2.47. The van der Waals surface area contributed by atoms with E-state index in [1.165, 1.54) is 5.56 Å². The van der Waals surface area contributed by atoms with Gasteiger partial charge in [-0.05, 0) is 24.8 Å². The summed E-state index contributed by atoms with van der Waals surface area (Å²) in [5, 5.41) is 4.06. The maximum absolute atomic E-state index is 5.87. The normalized spacial score (nSPS) is 11.1. The van der Waals surface area contributed by atoms with Crippen LogP contribution in [-0.4, -0.2) is 5.16 Å². The largest absolute Gasteiger partial charge is 0.367 e. The summed E-state index contributed by atoms with van der Waals surface area (Å²) in [6.45, 7) is 6.38. The van der Waals surface area contributed by atoms with E-state index in [-0.39, 0.29) is 0 Å². The van der Waals surface area contributed by atoms with Gasteiger partial charge in [-0.25, -0.2) is 0 Å². The Morgan fingerprint density at radius 1 is 1.35 bits per heavy atom. The predicted octanol–water partition coefficient (Wildman–Crippen LogP) is 3.43. The highest BCUT2D eigenvalue weighted by Crippen LogP contribution is 2.31. The molecule has 1 aromatic heterocycles. The van der Waals surface area contributed by atoms with Gasteiger partial charge in [-0.2, -0.15) is 0 Å². The SMILES string of the molecule is Cc1cccc(-c2c(CC(C)C)noc2N)c1. The first kappa shape index (κ1) is 11.7. The summed E-state index contributed by atoms with van der Waals surface area (Å²) in [6.07, 6.45) is 0.879. The zero-order valence-electron chi connectivity index (χ0n) is 10.5. The molecule has 3 nitrogen and oxygen atoms in total. The summed E-state index contributed by atoms with van der Waals surface area (Å²) >= 11 is 0. The molecule has 0 unspecified atom stereocenters. The van der Waals surface area contributed by atoms with Crippen LogP contribution in [0.3, 0.4) is 0 Å². The van der Waals surface area contributed by atoms with Crippen LogP contribution in [0.2, 0.25) is 0 Å². The molecule has 2 N–H and O–H groups in total. The standard InChI is InChI=1S/C14H18N2O/c1-9(2)7-12-13(14(15)17-16-12)11-6-4-5-10(3)8-11/h4-6,8-9H,7,15H2,1-3H3. The van der Waals surface area contributed by atoms with Gasteiger partial charge in [0.05, 0.1) is 11.3 Å². The van der Waals surface area contributed by atoms with Gasteiger partial charge in [0.25, 0.3) is 0 Å². The first-order valence-corrected chi connectivity index (χ1v) is 5.89. The lowest BCUT2D eigenvalue weighted by atomic mass is 9.98. The van der Waals surface area contributed by atoms with Crippen molar-refractivity contribution in [3.05, 3.63) is 35.5 Å². The van der Waals surface area contributed by atoms with Crippen molar-refractivity contribution >= 4 is 5.88 Å². The van der Waals surface area contributed by atoms with Gasteiger partial charge in [0.15, 0.2) is 0 Å². The highest BCUT2D eigenvalue weighted by atomic mass is 16.5. The van der Waals surface area contributed by atoms with E-state index in [0.717, 1.165) is 23.2 Å². The van der Waals surface area contributed by atoms with Crippen molar-refractivity contribution in [1.82, 2.24) is 5.16 Å². The molecule has 0 atom stereocenters. The van der Waals surface area contributed by atoms with Crippen LogP contribution >= 0.6 is 0 Å². The number of hydrogen-bond donors (Lipinski definition) is 1. The molecule has 1 aromatic carbocycles. The number of nitrogens with zero attached hydrogens (tertiary/aromatic N) is 1. The van der Waals surface area contributed by atoms with Gasteiger partial charge in [0.1, 0.15) is 0 Å². The van der Waals surface area contributed by atoms with Gasteiger partial charge in [0.2, 0.25) is 5.88 Å². The fourth-order valence-corrected chi connectivity index (χ4v) is 1.97. The molecule has 2 aromatic rings. The smallest absolute Gasteiger partial charge is 0.230 e. The number of rotatable bonds is 3. The number of aromatic nitrogens is 1. The second-order valence-corrected chi connectivity index (χ2v) is 4.84. The number of nitrogens with two attached hydrogens (primary N) is 1. The Kier molecular flexibility index (Phi) is 3.18. The van der Waals surface area contributed by atoms with Crippen LogP contribution in [0.15, 0.2) is 28.8 Å². The lowest BCUT2D eigenvalue weighted by Gasteiger charge is -2.05. The second kappa shape index (κ2) is 4.62. The average molecular weight is 230 g/mol. The molecule has 1 heterocycles. The van der Waals surface area contributed by atoms with Crippen molar-refractivity contribution in [3.8, 4) is 11.1 Å². The number of benzene rings is 1. The molecule has 0 amide bonds. The summed E-state index contributed by atoms with van der Waals surface area (Å²) in [7, 11) is 0. The van der Waals surface area contributed by atoms with E-state index >= 15 is 0 Å². The minimum atomic E-state index is 0.409. The molecule has 0 fully saturated rings. The third-order valence-electron chi connectivity index (χ3n) is 2.70. The van der Waals surface area contributed by atoms with Crippen LogP contribution in [0, 0.1) is 12.8 Å². The molecular weight excluding hydrogens is 212 g/mol. The van der Waals surface area contributed by atoms with E-state index in [2.05, 4.69) is 38.1 Å². The zero-order valence-corrected chi connectivity index (χ0v) is 10.5. The van der Waals surface area contributed by atoms with E-state index in [9.17, 15) is 0 Å². The van der Waals surface area contributed by atoms with Gasteiger partial charge >= 0.3 is 0 Å². The molecule has 17 heavy (non-hydrogen) atoms. The molecule has 0 aliphatic carbocycles. The zero-order chi connectivity index (χ0) is 12.4. The molecule has 0 saturated heterocycles. The molecule has 90 valence electrons. The molecule has 0 aliphatic heterocycles. The summed E-state index contributed by atoms with van der Waals surface area (Å²) in [5.41, 5.74) is 10.1. The highest BCUT2D eigenvalue weighted by molar-refractivity contribution is 5.75. The topological polar surface area (TPSA) is 52.0 Å². The fraction of sp³-hybridized carbons (Fsp3) is 0.357. The third-order valence-corrected chi connectivity index (χ3v) is 2.70. The fourth-order valence-electron chi connectivity index (χ4n) is 1.97. The van der Waals surface area contributed by atoms with Gasteiger partial charge in [-0.1, -0.05) is 48.8 Å². The Hall–Kier alpha value is -1.77. The van der Waals surface area contributed by atoms with Gasteiger partial charge in [0, 0.05) is 0 Å². The minimum absolute atomic E-state index is 0.409. The van der Waals surface area contributed by atoms with E-state index in [0.29, 0.717) is 11.8 Å². The van der Waals surface area contributed by atoms with Gasteiger partial charge < -0.3 is 10.3 Å². The van der Waals surface area contributed by atoms with Gasteiger partial charge in [-0.3, -0.25) is 0 Å². The van der Waals surface area contributed by atoms with Crippen LogP contribution in [0.4, 0.5) is 5.88 Å². The van der Waals surface area contributed by atoms with Crippen LogP contribution in [0.5, 0.6) is 0 Å². The van der Waals surface area contributed by atoms with Crippen molar-refractivity contribution in [2.45, 2.75) is 27.2 Å². The van der Waals surface area contributed by atoms with Crippen LogP contribution in [0.1, 0.15) is 25.1 Å². The number of aryl methyl sites for hydroxylation is 1. The average Bonchev–Trinajstić information content (AvgIpc) is 2.59.